The fourth-order valence-corrected chi connectivity index (χ4v) is 3.23. The molecule has 2 N–H and O–H groups in total. The molecule has 9 heteroatoms. The highest BCUT2D eigenvalue weighted by molar-refractivity contribution is 14.0. The summed E-state index contributed by atoms with van der Waals surface area (Å²) in [4.78, 5) is 8.20. The first kappa shape index (κ1) is 25.0. The summed E-state index contributed by atoms with van der Waals surface area (Å²) in [5.41, 5.74) is 2.37. The molecule has 0 bridgehead atoms. The third-order valence-corrected chi connectivity index (χ3v) is 4.37. The minimum atomic E-state index is -4.15. The van der Waals surface area contributed by atoms with E-state index < -0.39 is 12.7 Å². The monoisotopic (exact) mass is 513 g/mol. The average Bonchev–Trinajstić information content (AvgIpc) is 2.98. The molecule has 1 atom stereocenters. The van der Waals surface area contributed by atoms with Crippen LogP contribution in [0.15, 0.2) is 29.3 Å². The molecule has 2 rings (SSSR count). The van der Waals surface area contributed by atoms with Crippen molar-refractivity contribution in [3.05, 3.63) is 35.4 Å². The molecule has 1 unspecified atom stereocenters. The lowest BCUT2D eigenvalue weighted by molar-refractivity contribution is -0.143. The van der Waals surface area contributed by atoms with Gasteiger partial charge in [0, 0.05) is 32.2 Å². The Labute approximate surface area is 182 Å². The van der Waals surface area contributed by atoms with Gasteiger partial charge in [0.15, 0.2) is 5.96 Å². The maximum absolute atomic E-state index is 12.6. The molecule has 160 valence electrons. The Balaban J connectivity index is 0.00000392. The molecule has 0 saturated carbocycles. The van der Waals surface area contributed by atoms with Gasteiger partial charge < -0.3 is 15.5 Å². The Morgan fingerprint density at radius 1 is 1.25 bits per heavy atom. The van der Waals surface area contributed by atoms with Crippen LogP contribution in [0.5, 0.6) is 0 Å². The zero-order valence-electron chi connectivity index (χ0n) is 16.7. The fourth-order valence-electron chi connectivity index (χ4n) is 3.23. The molecule has 1 fully saturated rings. The summed E-state index contributed by atoms with van der Waals surface area (Å²) in [7, 11) is 4.05. The van der Waals surface area contributed by atoms with Gasteiger partial charge in [-0.2, -0.15) is 13.2 Å². The number of guanidine groups is 1. The summed E-state index contributed by atoms with van der Waals surface area (Å²) in [6.07, 6.45) is -3.47. The van der Waals surface area contributed by atoms with E-state index in [9.17, 15) is 13.2 Å². The van der Waals surface area contributed by atoms with Crippen molar-refractivity contribution < 1.29 is 13.2 Å². The molecule has 0 spiro atoms. The van der Waals surface area contributed by atoms with E-state index in [4.69, 9.17) is 0 Å². The lowest BCUT2D eigenvalue weighted by atomic mass is 10.1. The molecule has 1 heterocycles. The molecule has 0 aliphatic carbocycles. The lowest BCUT2D eigenvalue weighted by Crippen LogP contribution is -2.45. The molecule has 28 heavy (non-hydrogen) atoms. The van der Waals surface area contributed by atoms with Gasteiger partial charge in [0.05, 0.1) is 13.1 Å². The van der Waals surface area contributed by atoms with Gasteiger partial charge in [0.2, 0.25) is 0 Å². The summed E-state index contributed by atoms with van der Waals surface area (Å²) < 4.78 is 37.7. The van der Waals surface area contributed by atoms with Crippen LogP contribution in [0.3, 0.4) is 0 Å². The number of hydrogen-bond donors (Lipinski definition) is 2. The minimum Gasteiger partial charge on any atom is -0.357 e. The Bertz CT molecular complexity index is 622. The molecular formula is C19H31F3IN5. The predicted octanol–water partition coefficient (Wildman–Crippen LogP) is 3.06. The number of benzene rings is 1. The van der Waals surface area contributed by atoms with E-state index in [-0.39, 0.29) is 30.0 Å². The summed E-state index contributed by atoms with van der Waals surface area (Å²) in [6.45, 7) is 4.01. The van der Waals surface area contributed by atoms with Gasteiger partial charge in [0.1, 0.15) is 0 Å². The molecule has 1 aliphatic rings. The summed E-state index contributed by atoms with van der Waals surface area (Å²) in [5, 5.41) is 6.47. The van der Waals surface area contributed by atoms with Gasteiger partial charge in [-0.1, -0.05) is 24.3 Å². The molecule has 0 aromatic heterocycles. The van der Waals surface area contributed by atoms with E-state index in [1.165, 1.54) is 10.5 Å². The van der Waals surface area contributed by atoms with Crippen LogP contribution in [0.4, 0.5) is 13.2 Å². The number of rotatable bonds is 7. The normalized spacial score (nSPS) is 18.2. The van der Waals surface area contributed by atoms with E-state index in [2.05, 4.69) is 32.7 Å². The average molecular weight is 513 g/mol. The topological polar surface area (TPSA) is 42.9 Å². The number of aliphatic imine (C=N–C) groups is 1. The van der Waals surface area contributed by atoms with Crippen LogP contribution in [-0.4, -0.2) is 68.3 Å². The number of nitrogens with one attached hydrogen (secondary N) is 2. The van der Waals surface area contributed by atoms with Crippen LogP contribution in [-0.2, 0) is 13.1 Å². The van der Waals surface area contributed by atoms with Crippen molar-refractivity contribution in [3.8, 4) is 0 Å². The fraction of sp³-hybridized carbons (Fsp3) is 0.632. The molecule has 1 aliphatic heterocycles. The second-order valence-corrected chi connectivity index (χ2v) is 7.18. The van der Waals surface area contributed by atoms with Crippen LogP contribution >= 0.6 is 24.0 Å². The van der Waals surface area contributed by atoms with E-state index in [1.807, 2.05) is 33.2 Å². The first-order valence-corrected chi connectivity index (χ1v) is 9.32. The minimum absolute atomic E-state index is 0. The van der Waals surface area contributed by atoms with Crippen LogP contribution in [0.2, 0.25) is 0 Å². The van der Waals surface area contributed by atoms with Gasteiger partial charge in [-0.05, 0) is 38.6 Å². The summed E-state index contributed by atoms with van der Waals surface area (Å²) in [6, 6.07) is 8.14. The predicted molar refractivity (Wildman–Crippen MR) is 118 cm³/mol. The van der Waals surface area contributed by atoms with Crippen molar-refractivity contribution in [2.24, 2.45) is 4.99 Å². The Hall–Kier alpha value is -1.07. The third kappa shape index (κ3) is 8.95. The first-order valence-electron chi connectivity index (χ1n) is 9.32. The van der Waals surface area contributed by atoms with Crippen molar-refractivity contribution in [2.75, 3.05) is 40.3 Å². The van der Waals surface area contributed by atoms with E-state index in [1.54, 1.807) is 0 Å². The highest BCUT2D eigenvalue weighted by Gasteiger charge is 2.34. The molecule has 0 amide bonds. The molecule has 5 nitrogen and oxygen atoms in total. The van der Waals surface area contributed by atoms with Gasteiger partial charge in [0.25, 0.3) is 0 Å². The Morgan fingerprint density at radius 2 is 1.93 bits per heavy atom. The molecule has 1 saturated heterocycles. The van der Waals surface area contributed by atoms with Crippen LogP contribution in [0, 0.1) is 0 Å². The van der Waals surface area contributed by atoms with E-state index in [0.717, 1.165) is 12.1 Å². The maximum Gasteiger partial charge on any atom is 0.401 e. The van der Waals surface area contributed by atoms with Crippen molar-refractivity contribution in [1.82, 2.24) is 20.4 Å². The maximum atomic E-state index is 12.6. The van der Waals surface area contributed by atoms with Gasteiger partial charge >= 0.3 is 6.18 Å². The number of alkyl halides is 3. The Kier molecular flexibility index (Phi) is 10.5. The quantitative estimate of drug-likeness (QED) is 0.334. The van der Waals surface area contributed by atoms with E-state index in [0.29, 0.717) is 38.6 Å². The lowest BCUT2D eigenvalue weighted by Gasteiger charge is -2.20. The standard InChI is InChI=1S/C19H30F3N5.HI/c1-4-23-18(25-17-9-10-27(13-17)14-19(20,21)22)24-11-15-7-5-6-8-16(15)12-26(2)3;/h5-8,17H,4,9-14H2,1-3H3,(H2,23,24,25);1H. The SMILES string of the molecule is CCNC(=NCc1ccccc1CN(C)C)NC1CCN(CC(F)(F)F)C1.I. The van der Waals surface area contributed by atoms with Gasteiger partial charge in [-0.25, -0.2) is 4.99 Å². The first-order chi connectivity index (χ1) is 12.8. The summed E-state index contributed by atoms with van der Waals surface area (Å²) >= 11 is 0. The Morgan fingerprint density at radius 3 is 2.54 bits per heavy atom. The largest absolute Gasteiger partial charge is 0.401 e. The van der Waals surface area contributed by atoms with Gasteiger partial charge in [-0.3, -0.25) is 4.90 Å². The zero-order valence-corrected chi connectivity index (χ0v) is 19.1. The van der Waals surface area contributed by atoms with Crippen molar-refractivity contribution >= 4 is 29.9 Å². The van der Waals surface area contributed by atoms with Crippen LogP contribution in [0.25, 0.3) is 0 Å². The number of hydrogen-bond acceptors (Lipinski definition) is 3. The zero-order chi connectivity index (χ0) is 19.9. The van der Waals surface area contributed by atoms with Crippen molar-refractivity contribution in [3.63, 3.8) is 0 Å². The second kappa shape index (κ2) is 11.8. The molecule has 0 radical (unpaired) electrons. The summed E-state index contributed by atoms with van der Waals surface area (Å²) in [5.74, 6) is 0.649. The molecule has 1 aromatic rings. The van der Waals surface area contributed by atoms with Crippen molar-refractivity contribution in [1.29, 1.82) is 0 Å². The number of nitrogens with zero attached hydrogens (tertiary/aromatic N) is 3. The third-order valence-electron chi connectivity index (χ3n) is 4.37. The smallest absolute Gasteiger partial charge is 0.357 e. The highest BCUT2D eigenvalue weighted by Crippen LogP contribution is 2.20. The number of likely N-dealkylation sites (tertiary alicyclic amines) is 1. The van der Waals surface area contributed by atoms with E-state index >= 15 is 0 Å². The van der Waals surface area contributed by atoms with Crippen LogP contribution in [0.1, 0.15) is 24.5 Å². The molecular weight excluding hydrogens is 482 g/mol. The highest BCUT2D eigenvalue weighted by atomic mass is 127. The number of halogens is 4. The second-order valence-electron chi connectivity index (χ2n) is 7.18. The van der Waals surface area contributed by atoms with Crippen molar-refractivity contribution in [2.45, 2.75) is 38.7 Å². The van der Waals surface area contributed by atoms with Crippen LogP contribution < -0.4 is 10.6 Å². The molecule has 1 aromatic carbocycles. The van der Waals surface area contributed by atoms with Gasteiger partial charge in [-0.15, -0.1) is 24.0 Å².